The van der Waals surface area contributed by atoms with Crippen LogP contribution in [0.15, 0.2) is 35.1 Å². The molecule has 1 aromatic carbocycles. The first-order valence-electron chi connectivity index (χ1n) is 5.31. The van der Waals surface area contributed by atoms with Crippen molar-refractivity contribution in [2.45, 2.75) is 13.0 Å². The number of rotatable bonds is 2. The molecule has 2 rings (SSSR count). The predicted molar refractivity (Wildman–Crippen MR) is 69.1 cm³/mol. The molecule has 1 atom stereocenters. The molecule has 0 spiro atoms. The summed E-state index contributed by atoms with van der Waals surface area (Å²) in [5.74, 6) is -1.26. The third kappa shape index (κ3) is 2.42. The molecule has 1 heterocycles. The first-order chi connectivity index (χ1) is 8.50. The Bertz CT molecular complexity index is 587. The summed E-state index contributed by atoms with van der Waals surface area (Å²) in [6.07, 6.45) is 3.08. The zero-order valence-corrected chi connectivity index (χ0v) is 11.2. The average Bonchev–Trinajstić information content (AvgIpc) is 2.34. The van der Waals surface area contributed by atoms with Crippen molar-refractivity contribution in [3.05, 3.63) is 63.4 Å². The number of aromatic nitrogens is 1. The lowest BCUT2D eigenvalue weighted by molar-refractivity contribution is 0.538. The molecule has 0 aliphatic heterocycles. The summed E-state index contributed by atoms with van der Waals surface area (Å²) in [4.78, 5) is 3.94. The van der Waals surface area contributed by atoms with E-state index < -0.39 is 17.7 Å². The van der Waals surface area contributed by atoms with E-state index in [2.05, 4.69) is 20.9 Å². The first-order valence-corrected chi connectivity index (χ1v) is 6.10. The average molecular weight is 313 g/mol. The fraction of sp³-hybridized carbons (Fsp3) is 0.154. The molecule has 1 unspecified atom stereocenters. The van der Waals surface area contributed by atoms with Crippen molar-refractivity contribution >= 4 is 15.9 Å². The summed E-state index contributed by atoms with van der Waals surface area (Å²) in [6, 6.07) is 3.42. The maximum absolute atomic E-state index is 13.9. The minimum atomic E-state index is -0.880. The Morgan fingerprint density at radius 3 is 2.67 bits per heavy atom. The van der Waals surface area contributed by atoms with Crippen LogP contribution in [-0.2, 0) is 0 Å². The third-order valence-corrected chi connectivity index (χ3v) is 3.15. The highest BCUT2D eigenvalue weighted by molar-refractivity contribution is 9.10. The molecule has 0 amide bonds. The van der Waals surface area contributed by atoms with Gasteiger partial charge in [0.1, 0.15) is 11.6 Å². The van der Waals surface area contributed by atoms with Crippen LogP contribution >= 0.6 is 15.9 Å². The highest BCUT2D eigenvalue weighted by Crippen LogP contribution is 2.27. The van der Waals surface area contributed by atoms with Gasteiger partial charge in [-0.25, -0.2) is 8.78 Å². The SMILES string of the molecule is Cc1ccc(F)c(C(N)c2cncc(Br)c2)c1F. The molecular formula is C13H11BrF2N2. The lowest BCUT2D eigenvalue weighted by Gasteiger charge is -2.15. The normalized spacial score (nSPS) is 12.5. The van der Waals surface area contributed by atoms with Crippen molar-refractivity contribution in [2.24, 2.45) is 5.73 Å². The molecule has 18 heavy (non-hydrogen) atoms. The Hall–Kier alpha value is -1.33. The summed E-state index contributed by atoms with van der Waals surface area (Å²) < 4.78 is 28.4. The Kier molecular flexibility index (Phi) is 3.73. The Morgan fingerprint density at radius 1 is 1.28 bits per heavy atom. The van der Waals surface area contributed by atoms with Crippen LogP contribution in [0.5, 0.6) is 0 Å². The number of nitrogens with zero attached hydrogens (tertiary/aromatic N) is 1. The Balaban J connectivity index is 2.52. The Morgan fingerprint density at radius 2 is 2.00 bits per heavy atom. The first kappa shape index (κ1) is 13.1. The number of pyridine rings is 1. The molecule has 0 aliphatic carbocycles. The second kappa shape index (κ2) is 5.12. The highest BCUT2D eigenvalue weighted by atomic mass is 79.9. The van der Waals surface area contributed by atoms with E-state index in [0.717, 1.165) is 0 Å². The molecular weight excluding hydrogens is 302 g/mol. The number of halogens is 3. The minimum absolute atomic E-state index is 0.130. The number of hydrogen-bond donors (Lipinski definition) is 1. The zero-order valence-electron chi connectivity index (χ0n) is 9.62. The van der Waals surface area contributed by atoms with Crippen LogP contribution in [0.4, 0.5) is 8.78 Å². The molecule has 0 saturated heterocycles. The van der Waals surface area contributed by atoms with Gasteiger partial charge in [0, 0.05) is 22.4 Å². The quantitative estimate of drug-likeness (QED) is 0.922. The second-order valence-corrected chi connectivity index (χ2v) is 4.92. The molecule has 2 nitrogen and oxygen atoms in total. The molecule has 0 bridgehead atoms. The van der Waals surface area contributed by atoms with Gasteiger partial charge in [-0.05, 0) is 46.1 Å². The van der Waals surface area contributed by atoms with E-state index in [4.69, 9.17) is 5.73 Å². The highest BCUT2D eigenvalue weighted by Gasteiger charge is 2.20. The maximum Gasteiger partial charge on any atom is 0.134 e. The van der Waals surface area contributed by atoms with E-state index in [1.807, 2.05) is 0 Å². The van der Waals surface area contributed by atoms with Crippen LogP contribution in [0.1, 0.15) is 22.7 Å². The number of aryl methyl sites for hydroxylation is 1. The lowest BCUT2D eigenvalue weighted by atomic mass is 9.98. The number of hydrogen-bond acceptors (Lipinski definition) is 2. The second-order valence-electron chi connectivity index (χ2n) is 4.01. The number of nitrogens with two attached hydrogens (primary N) is 1. The molecule has 0 fully saturated rings. The Labute approximate surface area is 112 Å². The number of benzene rings is 1. The van der Waals surface area contributed by atoms with Crippen LogP contribution in [0.25, 0.3) is 0 Å². The summed E-state index contributed by atoms with van der Waals surface area (Å²) in [6.45, 7) is 1.57. The van der Waals surface area contributed by atoms with Crippen LogP contribution in [0.3, 0.4) is 0 Å². The van der Waals surface area contributed by atoms with Crippen LogP contribution in [0.2, 0.25) is 0 Å². The van der Waals surface area contributed by atoms with Gasteiger partial charge in [0.05, 0.1) is 6.04 Å². The maximum atomic E-state index is 13.9. The molecule has 0 saturated carbocycles. The van der Waals surface area contributed by atoms with Gasteiger partial charge in [-0.15, -0.1) is 0 Å². The molecule has 0 radical (unpaired) electrons. The van der Waals surface area contributed by atoms with Crippen LogP contribution in [-0.4, -0.2) is 4.98 Å². The van der Waals surface area contributed by atoms with E-state index in [1.165, 1.54) is 18.3 Å². The summed E-state index contributed by atoms with van der Waals surface area (Å²) >= 11 is 3.25. The molecule has 2 N–H and O–H groups in total. The molecule has 2 aromatic rings. The standard InChI is InChI=1S/C13H11BrF2N2/c1-7-2-3-10(15)11(12(7)16)13(17)8-4-9(14)6-18-5-8/h2-6,13H,17H2,1H3. The van der Waals surface area contributed by atoms with Gasteiger partial charge >= 0.3 is 0 Å². The van der Waals surface area contributed by atoms with Crippen LogP contribution in [0, 0.1) is 18.6 Å². The van der Waals surface area contributed by atoms with Crippen molar-refractivity contribution in [3.8, 4) is 0 Å². The van der Waals surface area contributed by atoms with E-state index in [-0.39, 0.29) is 5.56 Å². The fourth-order valence-electron chi connectivity index (χ4n) is 1.73. The van der Waals surface area contributed by atoms with Crippen LogP contribution < -0.4 is 5.73 Å². The fourth-order valence-corrected chi connectivity index (χ4v) is 2.11. The van der Waals surface area contributed by atoms with Crippen molar-refractivity contribution in [3.63, 3.8) is 0 Å². The topological polar surface area (TPSA) is 38.9 Å². The molecule has 94 valence electrons. The van der Waals surface area contributed by atoms with Crippen molar-refractivity contribution in [2.75, 3.05) is 0 Å². The zero-order chi connectivity index (χ0) is 13.3. The molecule has 5 heteroatoms. The van der Waals surface area contributed by atoms with Gasteiger partial charge in [0.2, 0.25) is 0 Å². The van der Waals surface area contributed by atoms with E-state index in [9.17, 15) is 8.78 Å². The van der Waals surface area contributed by atoms with E-state index in [0.29, 0.717) is 15.6 Å². The monoisotopic (exact) mass is 312 g/mol. The third-order valence-electron chi connectivity index (χ3n) is 2.72. The van der Waals surface area contributed by atoms with E-state index in [1.54, 1.807) is 19.2 Å². The summed E-state index contributed by atoms with van der Waals surface area (Å²) in [5, 5.41) is 0. The van der Waals surface area contributed by atoms with Gasteiger partial charge < -0.3 is 5.73 Å². The predicted octanol–water partition coefficient (Wildman–Crippen LogP) is 3.48. The van der Waals surface area contributed by atoms with Gasteiger partial charge in [0.15, 0.2) is 0 Å². The van der Waals surface area contributed by atoms with Crippen molar-refractivity contribution < 1.29 is 8.78 Å². The van der Waals surface area contributed by atoms with Gasteiger partial charge in [0.25, 0.3) is 0 Å². The molecule has 0 aliphatic rings. The lowest BCUT2D eigenvalue weighted by Crippen LogP contribution is -2.16. The minimum Gasteiger partial charge on any atom is -0.320 e. The van der Waals surface area contributed by atoms with Gasteiger partial charge in [-0.1, -0.05) is 6.07 Å². The summed E-state index contributed by atoms with van der Waals surface area (Å²) in [7, 11) is 0. The van der Waals surface area contributed by atoms with Gasteiger partial charge in [-0.2, -0.15) is 0 Å². The molecule has 1 aromatic heterocycles. The van der Waals surface area contributed by atoms with Gasteiger partial charge in [-0.3, -0.25) is 4.98 Å². The summed E-state index contributed by atoms with van der Waals surface area (Å²) in [5.41, 5.74) is 6.70. The van der Waals surface area contributed by atoms with Crippen molar-refractivity contribution in [1.82, 2.24) is 4.98 Å². The van der Waals surface area contributed by atoms with E-state index >= 15 is 0 Å². The largest absolute Gasteiger partial charge is 0.320 e. The van der Waals surface area contributed by atoms with Crippen molar-refractivity contribution in [1.29, 1.82) is 0 Å². The smallest absolute Gasteiger partial charge is 0.134 e.